The molecule has 2 aliphatic rings. The topological polar surface area (TPSA) is 78.8 Å². The van der Waals surface area contributed by atoms with Crippen LogP contribution in [0, 0.1) is 5.92 Å². The van der Waals surface area contributed by atoms with Crippen LogP contribution in [-0.4, -0.2) is 50.2 Å². The molecular formula is C26H28N6O. The molecule has 3 aromatic heterocycles. The summed E-state index contributed by atoms with van der Waals surface area (Å²) in [6.45, 7) is 1.04. The fourth-order valence-electron chi connectivity index (χ4n) is 5.82. The van der Waals surface area contributed by atoms with Crippen LogP contribution in [0.3, 0.4) is 0 Å². The van der Waals surface area contributed by atoms with Gasteiger partial charge in [-0.2, -0.15) is 0 Å². The zero-order valence-corrected chi connectivity index (χ0v) is 18.7. The minimum Gasteiger partial charge on any atom is -0.361 e. The number of fused-ring (bicyclic) bond motifs is 2. The Morgan fingerprint density at radius 3 is 2.85 bits per heavy atom. The molecule has 0 saturated carbocycles. The van der Waals surface area contributed by atoms with Gasteiger partial charge in [-0.15, -0.1) is 10.2 Å². The molecule has 33 heavy (non-hydrogen) atoms. The fraction of sp³-hybridized carbons (Fsp3) is 0.346. The van der Waals surface area contributed by atoms with Gasteiger partial charge in [0.1, 0.15) is 0 Å². The normalized spacial score (nSPS) is 22.3. The lowest BCUT2D eigenvalue weighted by atomic mass is 9.71. The number of nitrogens with zero attached hydrogens (tertiary/aromatic N) is 4. The number of benzene rings is 1. The van der Waals surface area contributed by atoms with E-state index in [0.29, 0.717) is 30.1 Å². The first-order valence-electron chi connectivity index (χ1n) is 11.7. The Labute approximate surface area is 192 Å². The Morgan fingerprint density at radius 2 is 2.03 bits per heavy atom. The largest absolute Gasteiger partial charge is 0.361 e. The molecule has 1 fully saturated rings. The van der Waals surface area contributed by atoms with Crippen LogP contribution in [0.1, 0.15) is 36.3 Å². The van der Waals surface area contributed by atoms with E-state index in [1.54, 1.807) is 6.07 Å². The van der Waals surface area contributed by atoms with Crippen LogP contribution in [0.15, 0.2) is 61.1 Å². The quantitative estimate of drug-likeness (QED) is 0.489. The molecule has 1 aliphatic carbocycles. The van der Waals surface area contributed by atoms with Gasteiger partial charge in [0, 0.05) is 54.4 Å². The number of aromatic amines is 1. The number of hydrogen-bond acceptors (Lipinski definition) is 4. The van der Waals surface area contributed by atoms with Crippen molar-refractivity contribution < 1.29 is 4.79 Å². The van der Waals surface area contributed by atoms with Crippen LogP contribution in [0.4, 0.5) is 5.82 Å². The third-order valence-electron chi connectivity index (χ3n) is 7.38. The van der Waals surface area contributed by atoms with Crippen molar-refractivity contribution in [1.82, 2.24) is 24.6 Å². The number of H-pyrrole nitrogens is 1. The minimum atomic E-state index is 0.00135. The van der Waals surface area contributed by atoms with Crippen LogP contribution in [0.2, 0.25) is 0 Å². The molecule has 7 nitrogen and oxygen atoms in total. The van der Waals surface area contributed by atoms with E-state index in [-0.39, 0.29) is 5.91 Å². The molecule has 4 heterocycles. The molecule has 0 unspecified atom stereocenters. The summed E-state index contributed by atoms with van der Waals surface area (Å²) in [4.78, 5) is 18.6. The van der Waals surface area contributed by atoms with E-state index in [4.69, 9.17) is 0 Å². The van der Waals surface area contributed by atoms with Crippen molar-refractivity contribution in [2.45, 2.75) is 37.6 Å². The third kappa shape index (κ3) is 3.72. The second-order valence-corrected chi connectivity index (χ2v) is 9.46. The molecule has 1 aliphatic heterocycles. The predicted molar refractivity (Wildman–Crippen MR) is 128 cm³/mol. The molecule has 1 amide bonds. The van der Waals surface area contributed by atoms with E-state index < -0.39 is 0 Å². The van der Waals surface area contributed by atoms with E-state index in [0.717, 1.165) is 31.6 Å². The molecule has 2 N–H and O–H groups in total. The first kappa shape index (κ1) is 20.2. The Hall–Kier alpha value is -3.45. The summed E-state index contributed by atoms with van der Waals surface area (Å²) in [5.74, 6) is 2.25. The Bertz CT molecular complexity index is 1280. The van der Waals surface area contributed by atoms with E-state index in [1.807, 2.05) is 35.2 Å². The molecule has 1 saturated heterocycles. The standard InChI is InChI=1S/C26H28N6O/c1-31-16-17(13-20-19-5-4-6-21-26(19)18(15-27-21)14-22(20)31)7-10-25(33)28-23-8-9-24(30-29-23)32-11-2-3-12-32/h2-6,8-9,11-12,15,17,20,22,27H,7,10,13-14,16H2,1H3,(H,28,29,33)/t17-,20-,22-/m1/s1. The van der Waals surface area contributed by atoms with Crippen LogP contribution < -0.4 is 5.32 Å². The number of anilines is 1. The number of likely N-dealkylation sites (tertiary alicyclic amines) is 1. The maximum Gasteiger partial charge on any atom is 0.225 e. The molecule has 0 bridgehead atoms. The summed E-state index contributed by atoms with van der Waals surface area (Å²) in [5.41, 5.74) is 4.16. The van der Waals surface area contributed by atoms with E-state index in [9.17, 15) is 4.79 Å². The third-order valence-corrected chi connectivity index (χ3v) is 7.38. The predicted octanol–water partition coefficient (Wildman–Crippen LogP) is 4.13. The van der Waals surface area contributed by atoms with Crippen molar-refractivity contribution in [3.8, 4) is 5.82 Å². The molecule has 0 radical (unpaired) electrons. The molecule has 3 atom stereocenters. The van der Waals surface area contributed by atoms with Crippen LogP contribution in [0.25, 0.3) is 16.7 Å². The Balaban J connectivity index is 1.09. The number of piperidine rings is 1. The van der Waals surface area contributed by atoms with E-state index >= 15 is 0 Å². The maximum atomic E-state index is 12.6. The van der Waals surface area contributed by atoms with Crippen molar-refractivity contribution in [3.05, 3.63) is 72.2 Å². The number of likely N-dealkylation sites (N-methyl/N-ethyl adjacent to an activating group) is 1. The highest BCUT2D eigenvalue weighted by Crippen LogP contribution is 2.45. The molecule has 4 aromatic rings. The number of rotatable bonds is 5. The van der Waals surface area contributed by atoms with Crippen molar-refractivity contribution in [1.29, 1.82) is 0 Å². The highest BCUT2D eigenvalue weighted by molar-refractivity contribution is 5.90. The summed E-state index contributed by atoms with van der Waals surface area (Å²) in [7, 11) is 2.24. The molecule has 6 rings (SSSR count). The number of hydrogen-bond donors (Lipinski definition) is 2. The van der Waals surface area contributed by atoms with E-state index in [1.165, 1.54) is 22.0 Å². The van der Waals surface area contributed by atoms with Crippen LogP contribution >= 0.6 is 0 Å². The first-order valence-corrected chi connectivity index (χ1v) is 11.7. The monoisotopic (exact) mass is 440 g/mol. The van der Waals surface area contributed by atoms with Gasteiger partial charge in [0.2, 0.25) is 5.91 Å². The number of amides is 1. The van der Waals surface area contributed by atoms with Gasteiger partial charge >= 0.3 is 0 Å². The second kappa shape index (κ2) is 8.15. The SMILES string of the molecule is CN1C[C@H](CCC(=O)Nc2ccc(-n3cccc3)nn2)C[C@@H]2c3cccc4[nH]cc(c34)C[C@H]21. The summed E-state index contributed by atoms with van der Waals surface area (Å²) in [6, 6.07) is 14.7. The summed E-state index contributed by atoms with van der Waals surface area (Å²) in [5, 5.41) is 12.7. The lowest BCUT2D eigenvalue weighted by Crippen LogP contribution is -2.47. The second-order valence-electron chi connectivity index (χ2n) is 9.46. The smallest absolute Gasteiger partial charge is 0.225 e. The molecule has 0 spiro atoms. The van der Waals surface area contributed by atoms with Gasteiger partial charge in [-0.05, 0) is 73.7 Å². The number of carbonyl (C=O) groups is 1. The van der Waals surface area contributed by atoms with Gasteiger partial charge < -0.3 is 19.8 Å². The van der Waals surface area contributed by atoms with Gasteiger partial charge in [-0.25, -0.2) is 0 Å². The van der Waals surface area contributed by atoms with Crippen molar-refractivity contribution >= 4 is 22.6 Å². The van der Waals surface area contributed by atoms with Gasteiger partial charge in [0.15, 0.2) is 11.6 Å². The summed E-state index contributed by atoms with van der Waals surface area (Å²) < 4.78 is 1.88. The molecular weight excluding hydrogens is 412 g/mol. The fourth-order valence-corrected chi connectivity index (χ4v) is 5.82. The van der Waals surface area contributed by atoms with Gasteiger partial charge in [-0.3, -0.25) is 4.79 Å². The van der Waals surface area contributed by atoms with Gasteiger partial charge in [0.05, 0.1) is 0 Å². The van der Waals surface area contributed by atoms with Gasteiger partial charge in [-0.1, -0.05) is 12.1 Å². The van der Waals surface area contributed by atoms with Crippen molar-refractivity contribution in [2.75, 3.05) is 18.9 Å². The lowest BCUT2D eigenvalue weighted by molar-refractivity contribution is -0.116. The highest BCUT2D eigenvalue weighted by atomic mass is 16.1. The zero-order chi connectivity index (χ0) is 22.4. The summed E-state index contributed by atoms with van der Waals surface area (Å²) in [6.07, 6.45) is 9.62. The Morgan fingerprint density at radius 1 is 1.15 bits per heavy atom. The van der Waals surface area contributed by atoms with Crippen molar-refractivity contribution in [3.63, 3.8) is 0 Å². The molecule has 168 valence electrons. The Kier molecular flexibility index (Phi) is 4.99. The maximum absolute atomic E-state index is 12.6. The molecule has 7 heteroatoms. The number of nitrogens with one attached hydrogen (secondary N) is 2. The zero-order valence-electron chi connectivity index (χ0n) is 18.7. The number of aromatic nitrogens is 4. The van der Waals surface area contributed by atoms with Crippen LogP contribution in [-0.2, 0) is 11.2 Å². The lowest BCUT2D eigenvalue weighted by Gasteiger charge is -2.45. The highest BCUT2D eigenvalue weighted by Gasteiger charge is 2.39. The first-order chi connectivity index (χ1) is 16.2. The molecule has 1 aromatic carbocycles. The van der Waals surface area contributed by atoms with Crippen molar-refractivity contribution in [2.24, 2.45) is 5.92 Å². The minimum absolute atomic E-state index is 0.00135. The van der Waals surface area contributed by atoms with Crippen LogP contribution in [0.5, 0.6) is 0 Å². The summed E-state index contributed by atoms with van der Waals surface area (Å²) >= 11 is 0. The average Bonchev–Trinajstić information content (AvgIpc) is 3.51. The number of carbonyl (C=O) groups excluding carboxylic acids is 1. The van der Waals surface area contributed by atoms with Gasteiger partial charge in [0.25, 0.3) is 0 Å². The van der Waals surface area contributed by atoms with E-state index in [2.05, 4.69) is 56.8 Å². The average molecular weight is 441 g/mol.